The first-order valence-electron chi connectivity index (χ1n) is 5.94. The van der Waals surface area contributed by atoms with Crippen LogP contribution in [0.2, 0.25) is 5.02 Å². The van der Waals surface area contributed by atoms with E-state index in [0.717, 1.165) is 6.42 Å². The lowest BCUT2D eigenvalue weighted by molar-refractivity contribution is 0.349. The molecule has 106 valence electrons. The normalized spacial score (nSPS) is 24.8. The second kappa shape index (κ2) is 5.33. The molecule has 1 heterocycles. The Morgan fingerprint density at radius 1 is 1.53 bits per heavy atom. The number of hydrogen-bond acceptors (Lipinski definition) is 3. The third kappa shape index (κ3) is 2.97. The van der Waals surface area contributed by atoms with Crippen LogP contribution in [0.4, 0.5) is 0 Å². The first-order valence-corrected chi connectivity index (χ1v) is 8.55. The van der Waals surface area contributed by atoms with Gasteiger partial charge in [0.15, 0.2) is 0 Å². The van der Waals surface area contributed by atoms with Gasteiger partial charge in [0.05, 0.1) is 4.90 Å². The molecule has 1 saturated heterocycles. The highest BCUT2D eigenvalue weighted by Gasteiger charge is 2.39. The minimum absolute atomic E-state index is 0.141. The van der Waals surface area contributed by atoms with Gasteiger partial charge in [-0.2, -0.15) is 4.31 Å². The summed E-state index contributed by atoms with van der Waals surface area (Å²) in [6.07, 6.45) is 0.779. The first kappa shape index (κ1) is 15.3. The van der Waals surface area contributed by atoms with Crippen molar-refractivity contribution in [2.75, 3.05) is 19.6 Å². The van der Waals surface area contributed by atoms with Gasteiger partial charge in [-0.15, -0.1) is 0 Å². The molecule has 0 bridgehead atoms. The van der Waals surface area contributed by atoms with Gasteiger partial charge in [-0.25, -0.2) is 8.42 Å². The number of nitrogens with zero attached hydrogens (tertiary/aromatic N) is 1. The highest BCUT2D eigenvalue weighted by atomic mass is 79.9. The summed E-state index contributed by atoms with van der Waals surface area (Å²) < 4.78 is 27.2. The average Bonchev–Trinajstić information content (AvgIpc) is 2.76. The fourth-order valence-corrected chi connectivity index (χ4v) is 4.94. The lowest BCUT2D eigenvalue weighted by atomic mass is 9.90. The lowest BCUT2D eigenvalue weighted by Crippen LogP contribution is -2.34. The molecule has 4 nitrogen and oxygen atoms in total. The van der Waals surface area contributed by atoms with Crippen molar-refractivity contribution < 1.29 is 8.42 Å². The quantitative estimate of drug-likeness (QED) is 0.892. The summed E-state index contributed by atoms with van der Waals surface area (Å²) in [6, 6.07) is 4.77. The van der Waals surface area contributed by atoms with Gasteiger partial charge in [0, 0.05) is 22.6 Å². The van der Waals surface area contributed by atoms with Crippen LogP contribution in [0.5, 0.6) is 0 Å². The van der Waals surface area contributed by atoms with Crippen molar-refractivity contribution in [2.45, 2.75) is 18.2 Å². The van der Waals surface area contributed by atoms with E-state index in [2.05, 4.69) is 15.9 Å². The summed E-state index contributed by atoms with van der Waals surface area (Å²) in [5.41, 5.74) is 5.57. The maximum absolute atomic E-state index is 12.6. The Morgan fingerprint density at radius 3 is 2.79 bits per heavy atom. The Labute approximate surface area is 127 Å². The number of benzene rings is 1. The molecule has 1 aliphatic rings. The van der Waals surface area contributed by atoms with Crippen LogP contribution in [0.25, 0.3) is 0 Å². The maximum atomic E-state index is 12.6. The molecule has 0 aromatic heterocycles. The molecule has 0 amide bonds. The van der Waals surface area contributed by atoms with Gasteiger partial charge in [-0.3, -0.25) is 0 Å². The predicted octanol–water partition coefficient (Wildman–Crippen LogP) is 2.46. The van der Waals surface area contributed by atoms with Gasteiger partial charge in [-0.05, 0) is 52.5 Å². The fraction of sp³-hybridized carbons (Fsp3) is 0.500. The summed E-state index contributed by atoms with van der Waals surface area (Å²) in [4.78, 5) is 0.210. The molecule has 1 aromatic rings. The second-order valence-corrected chi connectivity index (χ2v) is 8.38. The van der Waals surface area contributed by atoms with E-state index in [1.165, 1.54) is 10.4 Å². The van der Waals surface area contributed by atoms with Crippen LogP contribution in [0, 0.1) is 5.41 Å². The zero-order chi connectivity index (χ0) is 14.3. The highest BCUT2D eigenvalue weighted by molar-refractivity contribution is 9.10. The molecule has 1 atom stereocenters. The molecule has 1 fully saturated rings. The van der Waals surface area contributed by atoms with E-state index < -0.39 is 10.0 Å². The van der Waals surface area contributed by atoms with Crippen molar-refractivity contribution in [3.05, 3.63) is 27.7 Å². The number of hydrogen-bond donors (Lipinski definition) is 1. The molecule has 0 aliphatic carbocycles. The Kier molecular flexibility index (Phi) is 4.28. The van der Waals surface area contributed by atoms with Gasteiger partial charge < -0.3 is 5.73 Å². The molecule has 1 aliphatic heterocycles. The fourth-order valence-electron chi connectivity index (χ4n) is 2.16. The first-order chi connectivity index (χ1) is 8.78. The number of nitrogens with two attached hydrogens (primary N) is 1. The van der Waals surface area contributed by atoms with Crippen LogP contribution in [0.1, 0.15) is 13.3 Å². The topological polar surface area (TPSA) is 63.4 Å². The molecule has 2 rings (SSSR count). The van der Waals surface area contributed by atoms with Crippen molar-refractivity contribution in [3.8, 4) is 0 Å². The maximum Gasteiger partial charge on any atom is 0.244 e. The molecule has 19 heavy (non-hydrogen) atoms. The highest BCUT2D eigenvalue weighted by Crippen LogP contribution is 2.35. The molecular weight excluding hydrogens is 352 g/mol. The van der Waals surface area contributed by atoms with Crippen molar-refractivity contribution in [3.63, 3.8) is 0 Å². The van der Waals surface area contributed by atoms with Crippen LogP contribution in [-0.2, 0) is 10.0 Å². The van der Waals surface area contributed by atoms with E-state index >= 15 is 0 Å². The third-order valence-corrected chi connectivity index (χ3v) is 6.60. The Balaban J connectivity index is 2.36. The number of rotatable bonds is 3. The second-order valence-electron chi connectivity index (χ2n) is 5.18. The molecular formula is C12H16BrClN2O2S. The van der Waals surface area contributed by atoms with E-state index in [-0.39, 0.29) is 10.3 Å². The number of sulfonamides is 1. The van der Waals surface area contributed by atoms with Gasteiger partial charge in [0.1, 0.15) is 0 Å². The summed E-state index contributed by atoms with van der Waals surface area (Å²) in [6.45, 7) is 3.44. The molecule has 1 aromatic carbocycles. The number of halogens is 2. The Hall–Kier alpha value is -0.140. The van der Waals surface area contributed by atoms with E-state index in [9.17, 15) is 8.42 Å². The van der Waals surface area contributed by atoms with Crippen LogP contribution >= 0.6 is 27.5 Å². The third-order valence-electron chi connectivity index (χ3n) is 3.53. The Morgan fingerprint density at radius 2 is 2.21 bits per heavy atom. The van der Waals surface area contributed by atoms with Crippen LogP contribution in [-0.4, -0.2) is 32.4 Å². The molecule has 0 spiro atoms. The van der Waals surface area contributed by atoms with Gasteiger partial charge in [0.25, 0.3) is 0 Å². The van der Waals surface area contributed by atoms with Crippen LogP contribution < -0.4 is 5.73 Å². The van der Waals surface area contributed by atoms with E-state index in [1.807, 2.05) is 6.92 Å². The molecule has 7 heteroatoms. The van der Waals surface area contributed by atoms with Crippen molar-refractivity contribution in [2.24, 2.45) is 11.1 Å². The van der Waals surface area contributed by atoms with Crippen molar-refractivity contribution in [1.82, 2.24) is 4.31 Å². The largest absolute Gasteiger partial charge is 0.330 e. The van der Waals surface area contributed by atoms with E-state index in [0.29, 0.717) is 29.1 Å². The average molecular weight is 368 g/mol. The zero-order valence-corrected chi connectivity index (χ0v) is 13.7. The van der Waals surface area contributed by atoms with Crippen LogP contribution in [0.15, 0.2) is 27.6 Å². The van der Waals surface area contributed by atoms with Gasteiger partial charge in [0.2, 0.25) is 10.0 Å². The lowest BCUT2D eigenvalue weighted by Gasteiger charge is -2.22. The van der Waals surface area contributed by atoms with Gasteiger partial charge in [-0.1, -0.05) is 18.5 Å². The predicted molar refractivity (Wildman–Crippen MR) is 79.7 cm³/mol. The molecule has 2 N–H and O–H groups in total. The van der Waals surface area contributed by atoms with Crippen LogP contribution in [0.3, 0.4) is 0 Å². The zero-order valence-electron chi connectivity index (χ0n) is 10.6. The van der Waals surface area contributed by atoms with E-state index in [1.54, 1.807) is 12.1 Å². The Bertz CT molecular complexity index is 593. The summed E-state index contributed by atoms with van der Waals surface area (Å²) in [5, 5.41) is 0.405. The molecule has 0 radical (unpaired) electrons. The summed E-state index contributed by atoms with van der Waals surface area (Å²) >= 11 is 9.16. The summed E-state index contributed by atoms with van der Waals surface area (Å²) in [7, 11) is -3.53. The van der Waals surface area contributed by atoms with Gasteiger partial charge >= 0.3 is 0 Å². The smallest absolute Gasteiger partial charge is 0.244 e. The minimum Gasteiger partial charge on any atom is -0.330 e. The monoisotopic (exact) mass is 366 g/mol. The molecule has 0 saturated carbocycles. The van der Waals surface area contributed by atoms with Crippen molar-refractivity contribution in [1.29, 1.82) is 0 Å². The van der Waals surface area contributed by atoms with E-state index in [4.69, 9.17) is 17.3 Å². The SMILES string of the molecule is CC1(CN)CCN(S(=O)(=O)c2cc(Cl)ccc2Br)C1. The standard InChI is InChI=1S/C12H16BrClN2O2S/c1-12(7-15)4-5-16(8-12)19(17,18)11-6-9(14)2-3-10(11)13/h2-3,6H,4-5,7-8,15H2,1H3. The van der Waals surface area contributed by atoms with Crippen molar-refractivity contribution >= 4 is 37.6 Å². The molecule has 1 unspecified atom stereocenters. The minimum atomic E-state index is -3.53. The summed E-state index contributed by atoms with van der Waals surface area (Å²) in [5.74, 6) is 0.